The number of likely N-dealkylation sites (N-methyl/N-ethyl adjacent to an activating group) is 1. The van der Waals surface area contributed by atoms with E-state index in [0.717, 1.165) is 5.56 Å². The van der Waals surface area contributed by atoms with Gasteiger partial charge in [0.1, 0.15) is 12.4 Å². The van der Waals surface area contributed by atoms with Gasteiger partial charge in [0, 0.05) is 24.7 Å². The summed E-state index contributed by atoms with van der Waals surface area (Å²) in [5.74, 6) is -2.02. The first-order valence-electron chi connectivity index (χ1n) is 8.34. The maximum atomic E-state index is 13.6. The molecule has 0 heterocycles. The van der Waals surface area contributed by atoms with Crippen LogP contribution in [-0.4, -0.2) is 42.9 Å². The lowest BCUT2D eigenvalue weighted by Gasteiger charge is -2.17. The molecule has 0 aromatic heterocycles. The van der Waals surface area contributed by atoms with Gasteiger partial charge in [-0.3, -0.25) is 14.4 Å². The van der Waals surface area contributed by atoms with Crippen molar-refractivity contribution in [3.8, 4) is 0 Å². The summed E-state index contributed by atoms with van der Waals surface area (Å²) in [6.45, 7) is 1.09. The van der Waals surface area contributed by atoms with E-state index >= 15 is 0 Å². The van der Waals surface area contributed by atoms with Crippen LogP contribution in [0.1, 0.15) is 21.5 Å². The summed E-state index contributed by atoms with van der Waals surface area (Å²) < 4.78 is 18.5. The molecule has 2 aromatic rings. The summed E-state index contributed by atoms with van der Waals surface area (Å²) >= 11 is 0. The number of nitrogens with one attached hydrogen (secondary N) is 1. The maximum absolute atomic E-state index is 13.6. The third kappa shape index (κ3) is 6.22. The number of ether oxygens (including phenoxy) is 1. The zero-order valence-electron chi connectivity index (χ0n) is 15.2. The van der Waals surface area contributed by atoms with Crippen LogP contribution in [0.15, 0.2) is 48.5 Å². The second-order valence-corrected chi connectivity index (χ2v) is 6.05. The fourth-order valence-electron chi connectivity index (χ4n) is 2.31. The highest BCUT2D eigenvalue weighted by Crippen LogP contribution is 2.09. The van der Waals surface area contributed by atoms with Gasteiger partial charge in [0.05, 0.1) is 0 Å². The molecule has 0 saturated heterocycles. The largest absolute Gasteiger partial charge is 0.454 e. The van der Waals surface area contributed by atoms with E-state index in [1.54, 1.807) is 36.4 Å². The number of amides is 2. The molecule has 0 spiro atoms. The van der Waals surface area contributed by atoms with E-state index in [-0.39, 0.29) is 13.1 Å². The average molecular weight is 372 g/mol. The molecule has 0 bridgehead atoms. The number of hydrogen-bond donors (Lipinski definition) is 1. The highest BCUT2D eigenvalue weighted by molar-refractivity contribution is 5.96. The van der Waals surface area contributed by atoms with E-state index in [9.17, 15) is 18.8 Å². The van der Waals surface area contributed by atoms with Gasteiger partial charge >= 0.3 is 5.97 Å². The van der Waals surface area contributed by atoms with Crippen LogP contribution in [0.5, 0.6) is 0 Å². The molecule has 0 aliphatic rings. The van der Waals surface area contributed by atoms with E-state index < -0.39 is 30.2 Å². The molecule has 142 valence electrons. The minimum absolute atomic E-state index is 0.0627. The third-order valence-corrected chi connectivity index (χ3v) is 3.82. The second-order valence-electron chi connectivity index (χ2n) is 6.05. The van der Waals surface area contributed by atoms with E-state index in [1.807, 2.05) is 13.0 Å². The summed E-state index contributed by atoms with van der Waals surface area (Å²) in [7, 11) is 1.49. The van der Waals surface area contributed by atoms with E-state index in [2.05, 4.69) is 5.32 Å². The predicted molar refractivity (Wildman–Crippen MR) is 97.3 cm³/mol. The second kappa shape index (κ2) is 9.47. The van der Waals surface area contributed by atoms with E-state index in [0.29, 0.717) is 11.1 Å². The number of hydrogen-bond acceptors (Lipinski definition) is 4. The summed E-state index contributed by atoms with van der Waals surface area (Å²) in [5, 5.41) is 2.44. The van der Waals surface area contributed by atoms with Crippen molar-refractivity contribution < 1.29 is 23.5 Å². The first-order chi connectivity index (χ1) is 12.9. The molecule has 6 nitrogen and oxygen atoms in total. The summed E-state index contributed by atoms with van der Waals surface area (Å²) in [4.78, 5) is 36.9. The zero-order valence-corrected chi connectivity index (χ0v) is 15.2. The van der Waals surface area contributed by atoms with Crippen molar-refractivity contribution in [2.75, 3.05) is 20.2 Å². The van der Waals surface area contributed by atoms with Crippen molar-refractivity contribution in [2.45, 2.75) is 13.5 Å². The molecule has 0 radical (unpaired) electrons. The molecule has 2 amide bonds. The van der Waals surface area contributed by atoms with E-state index in [4.69, 9.17) is 4.74 Å². The quantitative estimate of drug-likeness (QED) is 0.755. The average Bonchev–Trinajstić information content (AvgIpc) is 2.65. The zero-order chi connectivity index (χ0) is 19.8. The Kier molecular flexibility index (Phi) is 7.05. The number of nitrogens with zero attached hydrogens (tertiary/aromatic N) is 1. The number of halogens is 1. The number of benzene rings is 2. The molecule has 2 aromatic carbocycles. The van der Waals surface area contributed by atoms with Crippen molar-refractivity contribution in [3.63, 3.8) is 0 Å². The first-order valence-corrected chi connectivity index (χ1v) is 8.34. The molecule has 27 heavy (non-hydrogen) atoms. The fourth-order valence-corrected chi connectivity index (χ4v) is 2.31. The van der Waals surface area contributed by atoms with Crippen LogP contribution in [0, 0.1) is 12.7 Å². The van der Waals surface area contributed by atoms with Gasteiger partial charge in [0.2, 0.25) is 0 Å². The highest BCUT2D eigenvalue weighted by Gasteiger charge is 2.15. The van der Waals surface area contributed by atoms with Crippen molar-refractivity contribution in [1.29, 1.82) is 0 Å². The lowest BCUT2D eigenvalue weighted by Crippen LogP contribution is -2.34. The molecule has 0 atom stereocenters. The van der Waals surface area contributed by atoms with E-state index in [1.165, 1.54) is 18.0 Å². The van der Waals surface area contributed by atoms with Crippen molar-refractivity contribution in [1.82, 2.24) is 10.2 Å². The fraction of sp³-hybridized carbons (Fsp3) is 0.250. The molecule has 0 saturated carbocycles. The number of aryl methyl sites for hydroxylation is 1. The Bertz CT molecular complexity index is 838. The summed E-state index contributed by atoms with van der Waals surface area (Å²) in [5.41, 5.74) is 1.72. The van der Waals surface area contributed by atoms with Gasteiger partial charge in [0.25, 0.3) is 11.8 Å². The minimum atomic E-state index is -0.733. The first kappa shape index (κ1) is 20.1. The van der Waals surface area contributed by atoms with Gasteiger partial charge in [-0.05, 0) is 25.1 Å². The number of esters is 1. The molecule has 0 fully saturated rings. The van der Waals surface area contributed by atoms with Gasteiger partial charge < -0.3 is 15.0 Å². The van der Waals surface area contributed by atoms with Crippen LogP contribution in [0.25, 0.3) is 0 Å². The highest BCUT2D eigenvalue weighted by atomic mass is 19.1. The normalized spacial score (nSPS) is 10.2. The predicted octanol–water partition coefficient (Wildman–Crippen LogP) is 2.07. The monoisotopic (exact) mass is 372 g/mol. The van der Waals surface area contributed by atoms with Crippen molar-refractivity contribution >= 4 is 17.8 Å². The van der Waals surface area contributed by atoms with Crippen molar-refractivity contribution in [2.24, 2.45) is 0 Å². The van der Waals surface area contributed by atoms with Gasteiger partial charge in [-0.2, -0.15) is 0 Å². The SMILES string of the molecule is Cc1cccc(C(=O)NCC(=O)OCC(=O)N(C)Cc2ccccc2F)c1. The molecule has 1 N–H and O–H groups in total. The molecule has 0 unspecified atom stereocenters. The van der Waals surface area contributed by atoms with Gasteiger partial charge in [-0.25, -0.2) is 4.39 Å². The Morgan fingerprint density at radius 3 is 2.56 bits per heavy atom. The maximum Gasteiger partial charge on any atom is 0.325 e. The lowest BCUT2D eigenvalue weighted by molar-refractivity contribution is -0.150. The van der Waals surface area contributed by atoms with Gasteiger partial charge in [0.15, 0.2) is 6.61 Å². The third-order valence-electron chi connectivity index (χ3n) is 3.82. The van der Waals surface area contributed by atoms with Crippen LogP contribution in [0.2, 0.25) is 0 Å². The smallest absolute Gasteiger partial charge is 0.325 e. The van der Waals surface area contributed by atoms with Crippen LogP contribution in [0.4, 0.5) is 4.39 Å². The number of rotatable bonds is 7. The Morgan fingerprint density at radius 1 is 1.11 bits per heavy atom. The summed E-state index contributed by atoms with van der Waals surface area (Å²) in [6, 6.07) is 13.1. The van der Waals surface area contributed by atoms with Gasteiger partial charge in [-0.1, -0.05) is 35.9 Å². The molecular formula is C20H21FN2O4. The molecular weight excluding hydrogens is 351 g/mol. The van der Waals surface area contributed by atoms with Gasteiger partial charge in [-0.15, -0.1) is 0 Å². The Balaban J connectivity index is 1.75. The number of carbonyl (C=O) groups excluding carboxylic acids is 3. The Morgan fingerprint density at radius 2 is 1.85 bits per heavy atom. The van der Waals surface area contributed by atoms with Crippen LogP contribution in [-0.2, 0) is 20.9 Å². The van der Waals surface area contributed by atoms with Crippen LogP contribution in [0.3, 0.4) is 0 Å². The van der Waals surface area contributed by atoms with Crippen LogP contribution < -0.4 is 5.32 Å². The molecule has 7 heteroatoms. The summed E-state index contributed by atoms with van der Waals surface area (Å²) in [6.07, 6.45) is 0. The molecule has 0 aliphatic carbocycles. The van der Waals surface area contributed by atoms with Crippen molar-refractivity contribution in [3.05, 3.63) is 71.0 Å². The topological polar surface area (TPSA) is 75.7 Å². The Hall–Kier alpha value is -3.22. The standard InChI is InChI=1S/C20H21FN2O4/c1-14-6-5-8-15(10-14)20(26)22-11-19(25)27-13-18(24)23(2)12-16-7-3-4-9-17(16)21/h3-10H,11-13H2,1-2H3,(H,22,26). The molecule has 0 aliphatic heterocycles. The molecule has 2 rings (SSSR count). The number of carbonyl (C=O) groups is 3. The minimum Gasteiger partial charge on any atom is -0.454 e. The van der Waals surface area contributed by atoms with Crippen LogP contribution >= 0.6 is 0 Å². The Labute approximate surface area is 156 Å². The lowest BCUT2D eigenvalue weighted by atomic mass is 10.1.